The first kappa shape index (κ1) is 18.2. The van der Waals surface area contributed by atoms with E-state index in [2.05, 4.69) is 10.3 Å². The van der Waals surface area contributed by atoms with Gasteiger partial charge in [0.2, 0.25) is 5.91 Å². The van der Waals surface area contributed by atoms with Crippen LogP contribution in [-0.4, -0.2) is 15.5 Å². The monoisotopic (exact) mass is 377 g/mol. The lowest BCUT2D eigenvalue weighted by molar-refractivity contribution is -0.122. The summed E-state index contributed by atoms with van der Waals surface area (Å²) >= 11 is 1.43. The fraction of sp³-hybridized carbons (Fsp3) is 0.278. The summed E-state index contributed by atoms with van der Waals surface area (Å²) < 4.78 is 28.0. The van der Waals surface area contributed by atoms with Crippen molar-refractivity contribution in [1.29, 1.82) is 0 Å². The van der Waals surface area contributed by atoms with Gasteiger partial charge in [0.1, 0.15) is 23.0 Å². The molecule has 1 N–H and O–H groups in total. The minimum absolute atomic E-state index is 0.171. The molecule has 3 aromatic rings. The zero-order valence-electron chi connectivity index (χ0n) is 14.5. The van der Waals surface area contributed by atoms with Crippen LogP contribution in [0.3, 0.4) is 0 Å². The number of benzene rings is 1. The third-order valence-electron chi connectivity index (χ3n) is 4.28. The molecule has 8 heteroatoms. The normalized spacial score (nSPS) is 12.3. The molecule has 0 aliphatic rings. The largest absolute Gasteiger partial charge is 0.348 e. The van der Waals surface area contributed by atoms with Crippen molar-refractivity contribution in [2.75, 3.05) is 0 Å². The summed E-state index contributed by atoms with van der Waals surface area (Å²) in [4.78, 5) is 30.7. The Morgan fingerprint density at radius 3 is 2.77 bits per heavy atom. The van der Waals surface area contributed by atoms with Crippen molar-refractivity contribution in [3.05, 3.63) is 62.5 Å². The van der Waals surface area contributed by atoms with Gasteiger partial charge >= 0.3 is 0 Å². The molecule has 2 heterocycles. The van der Waals surface area contributed by atoms with Crippen molar-refractivity contribution < 1.29 is 13.6 Å². The second-order valence-electron chi connectivity index (χ2n) is 6.10. The third kappa shape index (κ3) is 3.37. The molecule has 3 rings (SSSR count). The van der Waals surface area contributed by atoms with Gasteiger partial charge in [-0.25, -0.2) is 13.8 Å². The van der Waals surface area contributed by atoms with Gasteiger partial charge in [-0.3, -0.25) is 14.2 Å². The number of nitrogens with zero attached hydrogens (tertiary/aromatic N) is 2. The van der Waals surface area contributed by atoms with Crippen LogP contribution in [0.25, 0.3) is 10.2 Å². The highest BCUT2D eigenvalue weighted by molar-refractivity contribution is 7.18. The topological polar surface area (TPSA) is 64.0 Å². The molecule has 0 radical (unpaired) electrons. The van der Waals surface area contributed by atoms with E-state index in [1.54, 1.807) is 6.92 Å². The SMILES string of the molecule is Cc1sc2ncn(CC(=O)NC(C)c3ccc(F)cc3F)c(=O)c2c1C. The lowest BCUT2D eigenvalue weighted by Gasteiger charge is -2.15. The molecule has 0 spiro atoms. The molecule has 0 saturated heterocycles. The molecule has 0 aliphatic carbocycles. The smallest absolute Gasteiger partial charge is 0.262 e. The predicted molar refractivity (Wildman–Crippen MR) is 96.3 cm³/mol. The number of nitrogens with one attached hydrogen (secondary N) is 1. The highest BCUT2D eigenvalue weighted by Crippen LogP contribution is 2.25. The van der Waals surface area contributed by atoms with Crippen molar-refractivity contribution in [2.24, 2.45) is 0 Å². The molecule has 1 amide bonds. The van der Waals surface area contributed by atoms with Crippen LogP contribution in [0.2, 0.25) is 0 Å². The third-order valence-corrected chi connectivity index (χ3v) is 5.39. The summed E-state index contributed by atoms with van der Waals surface area (Å²) in [6.45, 7) is 5.12. The Bertz CT molecular complexity index is 1060. The average molecular weight is 377 g/mol. The van der Waals surface area contributed by atoms with Crippen LogP contribution in [0.15, 0.2) is 29.3 Å². The maximum atomic E-state index is 13.8. The van der Waals surface area contributed by atoms with Gasteiger partial charge < -0.3 is 5.32 Å². The number of hydrogen-bond acceptors (Lipinski definition) is 4. The number of thiophene rings is 1. The van der Waals surface area contributed by atoms with E-state index in [1.165, 1.54) is 28.3 Å². The summed E-state index contributed by atoms with van der Waals surface area (Å²) in [7, 11) is 0. The quantitative estimate of drug-likeness (QED) is 0.759. The number of rotatable bonds is 4. The predicted octanol–water partition coefficient (Wildman–Crippen LogP) is 3.23. The van der Waals surface area contributed by atoms with Crippen molar-refractivity contribution in [3.8, 4) is 0 Å². The fourth-order valence-corrected chi connectivity index (χ4v) is 3.74. The molecule has 1 unspecified atom stereocenters. The standard InChI is InChI=1S/C18H17F2N3O2S/c1-9-11(3)26-17-16(9)18(25)23(8-21-17)7-15(24)22-10(2)13-5-4-12(19)6-14(13)20/h4-6,8,10H,7H2,1-3H3,(H,22,24). The lowest BCUT2D eigenvalue weighted by Crippen LogP contribution is -2.34. The molecule has 1 aromatic carbocycles. The molecule has 26 heavy (non-hydrogen) atoms. The second kappa shape index (κ2) is 6.95. The molecule has 0 aliphatic heterocycles. The van der Waals surface area contributed by atoms with E-state index >= 15 is 0 Å². The van der Waals surface area contributed by atoms with E-state index in [1.807, 2.05) is 13.8 Å². The van der Waals surface area contributed by atoms with Gasteiger partial charge in [-0.2, -0.15) is 0 Å². The zero-order valence-corrected chi connectivity index (χ0v) is 15.3. The van der Waals surface area contributed by atoms with Crippen LogP contribution in [0, 0.1) is 25.5 Å². The Kier molecular flexibility index (Phi) is 4.86. The van der Waals surface area contributed by atoms with Crippen molar-refractivity contribution in [3.63, 3.8) is 0 Å². The number of fused-ring (bicyclic) bond motifs is 1. The van der Waals surface area contributed by atoms with Crippen LogP contribution in [0.4, 0.5) is 8.78 Å². The summed E-state index contributed by atoms with van der Waals surface area (Å²) in [5.74, 6) is -1.88. The molecule has 136 valence electrons. The van der Waals surface area contributed by atoms with Crippen LogP contribution in [0.5, 0.6) is 0 Å². The Labute approximate surface area is 152 Å². The molecular formula is C18H17F2N3O2S. The zero-order chi connectivity index (χ0) is 19.0. The average Bonchev–Trinajstić information content (AvgIpc) is 2.85. The van der Waals surface area contributed by atoms with E-state index < -0.39 is 23.6 Å². The van der Waals surface area contributed by atoms with Crippen LogP contribution in [-0.2, 0) is 11.3 Å². The van der Waals surface area contributed by atoms with Gasteiger partial charge in [-0.1, -0.05) is 6.07 Å². The molecule has 1 atom stereocenters. The Hall–Kier alpha value is -2.61. The van der Waals surface area contributed by atoms with E-state index in [-0.39, 0.29) is 17.7 Å². The molecule has 0 saturated carbocycles. The van der Waals surface area contributed by atoms with E-state index in [9.17, 15) is 18.4 Å². The van der Waals surface area contributed by atoms with E-state index in [4.69, 9.17) is 0 Å². The molecule has 0 fully saturated rings. The molecule has 0 bridgehead atoms. The number of aromatic nitrogens is 2. The first-order chi connectivity index (χ1) is 12.3. The highest BCUT2D eigenvalue weighted by atomic mass is 32.1. The first-order valence-electron chi connectivity index (χ1n) is 7.97. The van der Waals surface area contributed by atoms with Crippen LogP contribution < -0.4 is 10.9 Å². The number of carbonyl (C=O) groups is 1. The van der Waals surface area contributed by atoms with Crippen molar-refractivity contribution in [2.45, 2.75) is 33.4 Å². The summed E-state index contributed by atoms with van der Waals surface area (Å²) in [6.07, 6.45) is 1.34. The van der Waals surface area contributed by atoms with Gasteiger partial charge in [0.25, 0.3) is 5.56 Å². The number of aryl methyl sites for hydroxylation is 2. The highest BCUT2D eigenvalue weighted by Gasteiger charge is 2.17. The Morgan fingerprint density at radius 1 is 1.35 bits per heavy atom. The van der Waals surface area contributed by atoms with Crippen LogP contribution >= 0.6 is 11.3 Å². The Balaban J connectivity index is 1.80. The van der Waals surface area contributed by atoms with E-state index in [0.717, 1.165) is 22.6 Å². The molecule has 5 nitrogen and oxygen atoms in total. The minimum atomic E-state index is -0.734. The van der Waals surface area contributed by atoms with Gasteiger partial charge in [-0.15, -0.1) is 11.3 Å². The number of amides is 1. The molecule has 2 aromatic heterocycles. The maximum absolute atomic E-state index is 13.8. The second-order valence-corrected chi connectivity index (χ2v) is 7.30. The lowest BCUT2D eigenvalue weighted by atomic mass is 10.1. The Morgan fingerprint density at radius 2 is 2.08 bits per heavy atom. The minimum Gasteiger partial charge on any atom is -0.348 e. The summed E-state index contributed by atoms with van der Waals surface area (Å²) in [5, 5.41) is 3.13. The number of carbonyl (C=O) groups excluding carboxylic acids is 1. The van der Waals surface area contributed by atoms with Gasteiger partial charge in [-0.05, 0) is 32.4 Å². The fourth-order valence-electron chi connectivity index (χ4n) is 2.75. The summed E-state index contributed by atoms with van der Waals surface area (Å²) in [5.41, 5.74) is 0.747. The number of halogens is 2. The van der Waals surface area contributed by atoms with Crippen molar-refractivity contribution >= 4 is 27.5 Å². The molecular weight excluding hydrogens is 360 g/mol. The van der Waals surface area contributed by atoms with E-state index in [0.29, 0.717) is 10.2 Å². The number of hydrogen-bond donors (Lipinski definition) is 1. The first-order valence-corrected chi connectivity index (χ1v) is 8.79. The van der Waals surface area contributed by atoms with Gasteiger partial charge in [0.05, 0.1) is 17.8 Å². The summed E-state index contributed by atoms with van der Waals surface area (Å²) in [6, 6.07) is 2.51. The maximum Gasteiger partial charge on any atom is 0.262 e. The van der Waals surface area contributed by atoms with Gasteiger partial charge in [0, 0.05) is 16.5 Å². The van der Waals surface area contributed by atoms with Gasteiger partial charge in [0.15, 0.2) is 0 Å². The van der Waals surface area contributed by atoms with Crippen LogP contribution in [0.1, 0.15) is 29.0 Å². The van der Waals surface area contributed by atoms with Crippen molar-refractivity contribution in [1.82, 2.24) is 14.9 Å².